The molecule has 0 aromatic carbocycles. The molecule has 2 N–H and O–H groups in total. The topological polar surface area (TPSA) is 76.4 Å². The molecule has 6 heteroatoms. The average Bonchev–Trinajstić information content (AvgIpc) is 2.92. The molecule has 1 spiro atoms. The second kappa shape index (κ2) is 6.28. The summed E-state index contributed by atoms with van der Waals surface area (Å²) in [7, 11) is 0. The summed E-state index contributed by atoms with van der Waals surface area (Å²) in [5.74, 6) is 1.13. The summed E-state index contributed by atoms with van der Waals surface area (Å²) >= 11 is 0. The number of ether oxygens (including phenoxy) is 1. The molecule has 6 nitrogen and oxygen atoms in total. The molecule has 2 amide bonds. The Labute approximate surface area is 131 Å². The van der Waals surface area contributed by atoms with Crippen LogP contribution in [0.15, 0.2) is 10.6 Å². The van der Waals surface area contributed by atoms with Crippen molar-refractivity contribution < 1.29 is 14.1 Å². The van der Waals surface area contributed by atoms with Gasteiger partial charge in [-0.1, -0.05) is 24.4 Å². The highest BCUT2D eigenvalue weighted by atomic mass is 16.5. The Kier molecular flexibility index (Phi) is 4.38. The molecular formula is C16H25N3O3. The number of amides is 2. The van der Waals surface area contributed by atoms with E-state index in [2.05, 4.69) is 15.8 Å². The first-order valence-corrected chi connectivity index (χ1v) is 8.26. The number of hydrogen-bond donors (Lipinski definition) is 2. The Balaban J connectivity index is 1.60. The maximum absolute atomic E-state index is 12.2. The molecule has 2 fully saturated rings. The third-order valence-electron chi connectivity index (χ3n) is 5.11. The zero-order chi connectivity index (χ0) is 15.6. The number of nitrogens with one attached hydrogen (secondary N) is 2. The van der Waals surface area contributed by atoms with Crippen LogP contribution in [0.4, 0.5) is 10.6 Å². The molecule has 2 saturated carbocycles. The number of carbonyl (C=O) groups is 1. The molecule has 22 heavy (non-hydrogen) atoms. The van der Waals surface area contributed by atoms with Gasteiger partial charge in [0.25, 0.3) is 0 Å². The summed E-state index contributed by atoms with van der Waals surface area (Å²) in [5, 5.41) is 9.63. The van der Waals surface area contributed by atoms with Gasteiger partial charge in [-0.3, -0.25) is 5.32 Å². The van der Waals surface area contributed by atoms with Gasteiger partial charge in [-0.05, 0) is 33.1 Å². The summed E-state index contributed by atoms with van der Waals surface area (Å²) in [4.78, 5) is 12.2. The zero-order valence-corrected chi connectivity index (χ0v) is 13.4. The van der Waals surface area contributed by atoms with Gasteiger partial charge in [0.1, 0.15) is 5.76 Å². The maximum Gasteiger partial charge on any atom is 0.320 e. The van der Waals surface area contributed by atoms with Crippen LogP contribution in [0, 0.1) is 12.3 Å². The maximum atomic E-state index is 12.2. The number of hydrogen-bond acceptors (Lipinski definition) is 4. The van der Waals surface area contributed by atoms with E-state index >= 15 is 0 Å². The van der Waals surface area contributed by atoms with Crippen molar-refractivity contribution >= 4 is 11.8 Å². The van der Waals surface area contributed by atoms with Crippen molar-refractivity contribution in [1.29, 1.82) is 0 Å². The Morgan fingerprint density at radius 2 is 2.23 bits per heavy atom. The van der Waals surface area contributed by atoms with E-state index in [-0.39, 0.29) is 23.6 Å². The molecule has 2 aliphatic rings. The third-order valence-corrected chi connectivity index (χ3v) is 5.11. The number of anilines is 1. The molecule has 1 aromatic heterocycles. The van der Waals surface area contributed by atoms with Gasteiger partial charge in [0, 0.05) is 24.1 Å². The number of urea groups is 1. The van der Waals surface area contributed by atoms with Crippen LogP contribution in [0.5, 0.6) is 0 Å². The molecule has 122 valence electrons. The summed E-state index contributed by atoms with van der Waals surface area (Å²) in [6.45, 7) is 4.58. The van der Waals surface area contributed by atoms with E-state index in [1.165, 1.54) is 19.3 Å². The lowest BCUT2D eigenvalue weighted by Crippen LogP contribution is -2.65. The van der Waals surface area contributed by atoms with E-state index < -0.39 is 0 Å². The number of aryl methyl sites for hydroxylation is 1. The van der Waals surface area contributed by atoms with Gasteiger partial charge < -0.3 is 14.6 Å². The van der Waals surface area contributed by atoms with E-state index in [1.807, 2.05) is 6.92 Å². The van der Waals surface area contributed by atoms with Crippen LogP contribution in [0.2, 0.25) is 0 Å². The Morgan fingerprint density at radius 1 is 1.45 bits per heavy atom. The highest BCUT2D eigenvalue weighted by Gasteiger charge is 2.56. The van der Waals surface area contributed by atoms with Crippen LogP contribution in [0.1, 0.15) is 51.2 Å². The van der Waals surface area contributed by atoms with Crippen molar-refractivity contribution in [3.8, 4) is 0 Å². The first kappa shape index (κ1) is 15.3. The lowest BCUT2D eigenvalue weighted by atomic mass is 9.55. The number of carbonyl (C=O) groups excluding carboxylic acids is 1. The van der Waals surface area contributed by atoms with Crippen molar-refractivity contribution in [2.24, 2.45) is 5.41 Å². The minimum Gasteiger partial charge on any atom is -0.378 e. The lowest BCUT2D eigenvalue weighted by molar-refractivity contribution is -0.146. The molecule has 0 aliphatic heterocycles. The predicted octanol–water partition coefficient (Wildman–Crippen LogP) is 3.23. The van der Waals surface area contributed by atoms with Gasteiger partial charge in [0.15, 0.2) is 5.82 Å². The van der Waals surface area contributed by atoms with Crippen LogP contribution < -0.4 is 10.6 Å². The number of aromatic nitrogens is 1. The monoisotopic (exact) mass is 307 g/mol. The minimum absolute atomic E-state index is 0.130. The Bertz CT molecular complexity index is 522. The zero-order valence-electron chi connectivity index (χ0n) is 13.4. The smallest absolute Gasteiger partial charge is 0.320 e. The SMILES string of the molecule is CCO[C@H]1C[C@@H](NC(=O)Nc2cc(C)on2)C12CCCCC2. The van der Waals surface area contributed by atoms with E-state index in [4.69, 9.17) is 9.26 Å². The third kappa shape index (κ3) is 2.84. The molecule has 0 saturated heterocycles. The lowest BCUT2D eigenvalue weighted by Gasteiger charge is -2.57. The van der Waals surface area contributed by atoms with Gasteiger partial charge in [-0.15, -0.1) is 0 Å². The molecule has 1 heterocycles. The number of nitrogens with zero attached hydrogens (tertiary/aromatic N) is 1. The minimum atomic E-state index is -0.210. The molecule has 0 radical (unpaired) electrons. The first-order chi connectivity index (χ1) is 10.6. The molecule has 1 aromatic rings. The largest absolute Gasteiger partial charge is 0.378 e. The fraction of sp³-hybridized carbons (Fsp3) is 0.750. The van der Waals surface area contributed by atoms with E-state index in [0.717, 1.165) is 25.9 Å². The Hall–Kier alpha value is -1.56. The van der Waals surface area contributed by atoms with Gasteiger partial charge in [-0.2, -0.15) is 0 Å². The highest BCUT2D eigenvalue weighted by Crippen LogP contribution is 2.53. The second-order valence-electron chi connectivity index (χ2n) is 6.45. The van der Waals surface area contributed by atoms with Crippen molar-refractivity contribution in [2.45, 2.75) is 64.5 Å². The fourth-order valence-corrected chi connectivity index (χ4v) is 4.00. The molecule has 0 unspecified atom stereocenters. The predicted molar refractivity (Wildman–Crippen MR) is 82.7 cm³/mol. The Morgan fingerprint density at radius 3 is 2.86 bits per heavy atom. The second-order valence-corrected chi connectivity index (χ2v) is 6.45. The molecule has 2 atom stereocenters. The number of rotatable bonds is 4. The quantitative estimate of drug-likeness (QED) is 0.895. The van der Waals surface area contributed by atoms with Crippen LogP contribution in [0.3, 0.4) is 0 Å². The standard InChI is InChI=1S/C16H25N3O3/c1-3-21-13-10-12(16(13)7-5-4-6-8-16)17-15(20)18-14-9-11(2)22-19-14/h9,12-13H,3-8,10H2,1-2H3,(H2,17,18,19,20)/t12-,13+/m1/s1. The van der Waals surface area contributed by atoms with Crippen LogP contribution >= 0.6 is 0 Å². The molecular weight excluding hydrogens is 282 g/mol. The van der Waals surface area contributed by atoms with Crippen molar-refractivity contribution in [1.82, 2.24) is 10.5 Å². The summed E-state index contributed by atoms with van der Waals surface area (Å²) in [5.41, 5.74) is 0.130. The van der Waals surface area contributed by atoms with Crippen LogP contribution in [-0.4, -0.2) is 29.9 Å². The summed E-state index contributed by atoms with van der Waals surface area (Å²) < 4.78 is 10.9. The molecule has 3 rings (SSSR count). The van der Waals surface area contributed by atoms with Crippen molar-refractivity contribution in [2.75, 3.05) is 11.9 Å². The van der Waals surface area contributed by atoms with Crippen molar-refractivity contribution in [3.63, 3.8) is 0 Å². The van der Waals surface area contributed by atoms with E-state index in [1.54, 1.807) is 13.0 Å². The van der Waals surface area contributed by atoms with E-state index in [0.29, 0.717) is 11.6 Å². The highest BCUT2D eigenvalue weighted by molar-refractivity contribution is 5.88. The van der Waals surface area contributed by atoms with Gasteiger partial charge in [-0.25, -0.2) is 4.79 Å². The van der Waals surface area contributed by atoms with Gasteiger partial charge >= 0.3 is 6.03 Å². The van der Waals surface area contributed by atoms with E-state index in [9.17, 15) is 4.79 Å². The van der Waals surface area contributed by atoms with Crippen LogP contribution in [-0.2, 0) is 4.74 Å². The van der Waals surface area contributed by atoms with Gasteiger partial charge in [0.2, 0.25) is 0 Å². The molecule has 0 bridgehead atoms. The summed E-state index contributed by atoms with van der Waals surface area (Å²) in [6, 6.07) is 1.69. The molecule has 2 aliphatic carbocycles. The van der Waals surface area contributed by atoms with Crippen LogP contribution in [0.25, 0.3) is 0 Å². The van der Waals surface area contributed by atoms with Gasteiger partial charge in [0.05, 0.1) is 6.10 Å². The summed E-state index contributed by atoms with van der Waals surface area (Å²) in [6.07, 6.45) is 7.23. The first-order valence-electron chi connectivity index (χ1n) is 8.26. The average molecular weight is 307 g/mol. The van der Waals surface area contributed by atoms with Crippen molar-refractivity contribution in [3.05, 3.63) is 11.8 Å². The fourth-order valence-electron chi connectivity index (χ4n) is 4.00. The normalized spacial score (nSPS) is 26.5.